The number of nitrogens with zero attached hydrogens (tertiary/aromatic N) is 1. The number of rotatable bonds is 12. The fourth-order valence-corrected chi connectivity index (χ4v) is 4.72. The molecule has 0 radical (unpaired) electrons. The predicted octanol–water partition coefficient (Wildman–Crippen LogP) is 1.18. The van der Waals surface area contributed by atoms with Crippen LogP contribution in [0.15, 0.2) is 0 Å². The second-order valence-corrected chi connectivity index (χ2v) is 10.8. The molecule has 1 saturated heterocycles. The number of hydrogen-bond acceptors (Lipinski definition) is 5. The van der Waals surface area contributed by atoms with E-state index in [0.29, 0.717) is 31.7 Å². The maximum atomic E-state index is 13.7. The van der Waals surface area contributed by atoms with Crippen LogP contribution in [0.5, 0.6) is 0 Å². The molecule has 5 N–H and O–H groups in total. The summed E-state index contributed by atoms with van der Waals surface area (Å²) < 4.78 is 0. The summed E-state index contributed by atoms with van der Waals surface area (Å²) in [5.41, 5.74) is 5.33. The molecule has 4 amide bonds. The van der Waals surface area contributed by atoms with E-state index in [-0.39, 0.29) is 41.4 Å². The van der Waals surface area contributed by atoms with Crippen LogP contribution in [-0.4, -0.2) is 64.4 Å². The maximum Gasteiger partial charge on any atom is 0.248 e. The molecule has 1 aliphatic carbocycles. The van der Waals surface area contributed by atoms with Crippen LogP contribution in [0, 0.1) is 29.6 Å². The van der Waals surface area contributed by atoms with Crippen molar-refractivity contribution >= 4 is 23.6 Å². The third-order valence-electron chi connectivity index (χ3n) is 7.44. The fraction of sp³-hybridized carbons (Fsp3) is 0.840. The lowest BCUT2D eigenvalue weighted by Gasteiger charge is -2.35. The number of carbonyl (C=O) groups excluding carboxylic acids is 4. The highest BCUT2D eigenvalue weighted by Gasteiger charge is 2.46. The Morgan fingerprint density at radius 3 is 2.12 bits per heavy atom. The summed E-state index contributed by atoms with van der Waals surface area (Å²) in [7, 11) is 0. The maximum absolute atomic E-state index is 13.7. The van der Waals surface area contributed by atoms with Gasteiger partial charge in [0.05, 0.1) is 6.04 Å². The van der Waals surface area contributed by atoms with E-state index in [2.05, 4.69) is 10.6 Å². The van der Waals surface area contributed by atoms with Crippen LogP contribution in [0.4, 0.5) is 0 Å². The van der Waals surface area contributed by atoms with Crippen LogP contribution < -0.4 is 16.4 Å². The molecule has 6 atom stereocenters. The average Bonchev–Trinajstić information content (AvgIpc) is 3.48. The van der Waals surface area contributed by atoms with Gasteiger partial charge in [-0.2, -0.15) is 0 Å². The summed E-state index contributed by atoms with van der Waals surface area (Å²) in [6, 6.07) is -2.25. The van der Waals surface area contributed by atoms with Crippen molar-refractivity contribution in [2.24, 2.45) is 35.3 Å². The van der Waals surface area contributed by atoms with Crippen molar-refractivity contribution in [3.05, 3.63) is 0 Å². The minimum Gasteiger partial charge on any atom is -0.381 e. The highest BCUT2D eigenvalue weighted by atomic mass is 16.3. The molecular formula is C25H44N4O5. The van der Waals surface area contributed by atoms with E-state index in [1.54, 1.807) is 18.7 Å². The van der Waals surface area contributed by atoms with Crippen LogP contribution >= 0.6 is 0 Å². The molecule has 9 heteroatoms. The predicted molar refractivity (Wildman–Crippen MR) is 129 cm³/mol. The normalized spacial score (nSPS) is 24.0. The van der Waals surface area contributed by atoms with Crippen molar-refractivity contribution in [1.29, 1.82) is 0 Å². The average molecular weight is 481 g/mol. The van der Waals surface area contributed by atoms with Gasteiger partial charge in [0.15, 0.2) is 6.10 Å². The van der Waals surface area contributed by atoms with Crippen molar-refractivity contribution in [1.82, 2.24) is 15.5 Å². The van der Waals surface area contributed by atoms with E-state index in [1.165, 1.54) is 0 Å². The van der Waals surface area contributed by atoms with Crippen LogP contribution in [0.2, 0.25) is 0 Å². The first kappa shape index (κ1) is 28.1. The Hall–Kier alpha value is -2.16. The van der Waals surface area contributed by atoms with Crippen molar-refractivity contribution in [2.45, 2.75) is 97.9 Å². The Labute approximate surface area is 203 Å². The van der Waals surface area contributed by atoms with Gasteiger partial charge in [0, 0.05) is 12.5 Å². The SMILES string of the molecule is CC[C@@H](C)C(NC(=O)C(C)C)C(=O)N1CC[C@H](C(C)C)[C@H]1C(=O)NC(CC1CC1)C(O)C(N)=O. The fourth-order valence-electron chi connectivity index (χ4n) is 4.72. The van der Waals surface area contributed by atoms with E-state index in [0.717, 1.165) is 12.8 Å². The topological polar surface area (TPSA) is 142 Å². The number of aliphatic hydroxyl groups is 1. The number of nitrogens with two attached hydrogens (primary N) is 1. The van der Waals surface area contributed by atoms with Crippen molar-refractivity contribution in [3.8, 4) is 0 Å². The van der Waals surface area contributed by atoms with Crippen LogP contribution in [0.1, 0.15) is 73.6 Å². The van der Waals surface area contributed by atoms with E-state index in [4.69, 9.17) is 5.73 Å². The Morgan fingerprint density at radius 2 is 1.65 bits per heavy atom. The van der Waals surface area contributed by atoms with Gasteiger partial charge >= 0.3 is 0 Å². The van der Waals surface area contributed by atoms with E-state index in [9.17, 15) is 24.3 Å². The molecule has 2 aliphatic rings. The minimum atomic E-state index is -1.48. The number of nitrogens with one attached hydrogen (secondary N) is 2. The summed E-state index contributed by atoms with van der Waals surface area (Å²) in [6.07, 6.45) is 2.34. The third-order valence-corrected chi connectivity index (χ3v) is 7.44. The van der Waals surface area contributed by atoms with Gasteiger partial charge < -0.3 is 26.4 Å². The largest absolute Gasteiger partial charge is 0.381 e. The first-order valence-electron chi connectivity index (χ1n) is 12.8. The first-order valence-corrected chi connectivity index (χ1v) is 12.8. The number of aliphatic hydroxyl groups excluding tert-OH is 1. The van der Waals surface area contributed by atoms with Crippen LogP contribution in [0.3, 0.4) is 0 Å². The second kappa shape index (κ2) is 12.0. The lowest BCUT2D eigenvalue weighted by molar-refractivity contribution is -0.144. The summed E-state index contributed by atoms with van der Waals surface area (Å²) >= 11 is 0. The molecule has 1 saturated carbocycles. The first-order chi connectivity index (χ1) is 15.9. The van der Waals surface area contributed by atoms with E-state index >= 15 is 0 Å². The number of amides is 4. The Morgan fingerprint density at radius 1 is 1.03 bits per heavy atom. The lowest BCUT2D eigenvalue weighted by Crippen LogP contribution is -2.59. The van der Waals surface area contributed by atoms with Gasteiger partial charge in [0.1, 0.15) is 12.1 Å². The van der Waals surface area contributed by atoms with Crippen LogP contribution in [-0.2, 0) is 19.2 Å². The lowest BCUT2D eigenvalue weighted by atomic mass is 9.87. The molecule has 0 spiro atoms. The zero-order valence-electron chi connectivity index (χ0n) is 21.5. The summed E-state index contributed by atoms with van der Waals surface area (Å²) in [4.78, 5) is 52.9. The molecule has 9 nitrogen and oxygen atoms in total. The van der Waals surface area contributed by atoms with E-state index in [1.807, 2.05) is 27.7 Å². The number of primary amides is 1. The quantitative estimate of drug-likeness (QED) is 0.332. The van der Waals surface area contributed by atoms with Gasteiger partial charge in [-0.1, -0.05) is 60.8 Å². The summed E-state index contributed by atoms with van der Waals surface area (Å²) in [5, 5.41) is 16.1. The zero-order valence-corrected chi connectivity index (χ0v) is 21.5. The molecule has 2 fully saturated rings. The van der Waals surface area contributed by atoms with Crippen LogP contribution in [0.25, 0.3) is 0 Å². The molecule has 0 aromatic heterocycles. The van der Waals surface area contributed by atoms with Gasteiger partial charge in [-0.05, 0) is 36.5 Å². The number of carbonyl (C=O) groups is 4. The molecule has 1 aliphatic heterocycles. The van der Waals surface area contributed by atoms with Gasteiger partial charge in [0.2, 0.25) is 23.6 Å². The van der Waals surface area contributed by atoms with Crippen molar-refractivity contribution < 1.29 is 24.3 Å². The number of likely N-dealkylation sites (tertiary alicyclic amines) is 1. The molecule has 2 rings (SSSR count). The number of hydrogen-bond donors (Lipinski definition) is 4. The molecule has 0 bridgehead atoms. The molecule has 1 heterocycles. The summed E-state index contributed by atoms with van der Waals surface area (Å²) in [6.45, 7) is 11.9. The molecule has 34 heavy (non-hydrogen) atoms. The van der Waals surface area contributed by atoms with Gasteiger partial charge in [0.25, 0.3) is 0 Å². The Kier molecular flexibility index (Phi) is 9.91. The van der Waals surface area contributed by atoms with Gasteiger partial charge in [-0.3, -0.25) is 19.2 Å². The monoisotopic (exact) mass is 480 g/mol. The highest BCUT2D eigenvalue weighted by Crippen LogP contribution is 2.35. The Bertz CT molecular complexity index is 752. The molecule has 0 aromatic carbocycles. The molecule has 194 valence electrons. The molecule has 0 aromatic rings. The zero-order chi connectivity index (χ0) is 25.7. The van der Waals surface area contributed by atoms with E-state index < -0.39 is 30.1 Å². The van der Waals surface area contributed by atoms with Gasteiger partial charge in [-0.15, -0.1) is 0 Å². The second-order valence-electron chi connectivity index (χ2n) is 10.8. The Balaban J connectivity index is 2.29. The van der Waals surface area contributed by atoms with Gasteiger partial charge in [-0.25, -0.2) is 0 Å². The summed E-state index contributed by atoms with van der Waals surface area (Å²) in [5.74, 6) is -1.67. The molecule has 3 unspecified atom stereocenters. The highest BCUT2D eigenvalue weighted by molar-refractivity contribution is 5.93. The molecular weight excluding hydrogens is 436 g/mol. The minimum absolute atomic E-state index is 0.0744. The van der Waals surface area contributed by atoms with Crippen molar-refractivity contribution in [3.63, 3.8) is 0 Å². The third kappa shape index (κ3) is 6.93. The van der Waals surface area contributed by atoms with Crippen molar-refractivity contribution in [2.75, 3.05) is 6.54 Å². The smallest absolute Gasteiger partial charge is 0.248 e. The standard InChI is InChI=1S/C25H44N4O5/c1-7-15(6)19(28-23(32)14(4)5)25(34)29-11-10-17(13(2)3)20(29)24(33)27-18(12-16-8-9-16)21(30)22(26)31/h13-21,30H,7-12H2,1-6H3,(H2,26,31)(H,27,33)(H,28,32)/t15-,17-,18?,19?,20+,21?/m1/s1.